The highest BCUT2D eigenvalue weighted by Crippen LogP contribution is 2.42. The fourth-order valence-electron chi connectivity index (χ4n) is 5.41. The summed E-state index contributed by atoms with van der Waals surface area (Å²) in [5, 5.41) is 23.3. The van der Waals surface area contributed by atoms with Gasteiger partial charge in [-0.05, 0) is 53.6 Å². The fourth-order valence-corrected chi connectivity index (χ4v) is 5.61. The molecule has 0 unspecified atom stereocenters. The summed E-state index contributed by atoms with van der Waals surface area (Å²) in [5.74, 6) is 2.11. The molecule has 0 bridgehead atoms. The van der Waals surface area contributed by atoms with Gasteiger partial charge in [-0.2, -0.15) is 0 Å². The summed E-state index contributed by atoms with van der Waals surface area (Å²) in [4.78, 5) is 14.9. The number of carbonyl (C=O) groups is 1. The first-order valence-electron chi connectivity index (χ1n) is 14.2. The Morgan fingerprint density at radius 2 is 1.83 bits per heavy atom. The zero-order valence-electron chi connectivity index (χ0n) is 23.7. The van der Waals surface area contributed by atoms with Gasteiger partial charge in [-0.25, -0.2) is 0 Å². The Balaban J connectivity index is 1.16. The molecule has 2 aliphatic heterocycles. The Kier molecular flexibility index (Phi) is 9.74. The molecule has 0 aromatic heterocycles. The third-order valence-electron chi connectivity index (χ3n) is 7.69. The van der Waals surface area contributed by atoms with E-state index in [1.807, 2.05) is 42.5 Å². The number of hydrogen-bond donors (Lipinski definition) is 3. The van der Waals surface area contributed by atoms with E-state index in [4.69, 9.17) is 35.7 Å². The van der Waals surface area contributed by atoms with Gasteiger partial charge >= 0.3 is 0 Å². The van der Waals surface area contributed by atoms with E-state index in [0.717, 1.165) is 60.0 Å². The summed E-state index contributed by atoms with van der Waals surface area (Å²) in [6, 6.07) is 18.3. The Bertz CT molecular complexity index is 1360. The van der Waals surface area contributed by atoms with Gasteiger partial charge in [-0.1, -0.05) is 23.7 Å². The number of β-amino-alcohol motifs (C(OH)–C–C–N with tert-alkyl or cyclic N) is 1. The van der Waals surface area contributed by atoms with Crippen LogP contribution in [0.5, 0.6) is 23.0 Å². The van der Waals surface area contributed by atoms with Crippen molar-refractivity contribution >= 4 is 17.5 Å². The second kappa shape index (κ2) is 13.6. The first-order valence-corrected chi connectivity index (χ1v) is 14.5. The van der Waals surface area contributed by atoms with Crippen LogP contribution in [0.25, 0.3) is 0 Å². The van der Waals surface area contributed by atoms with Gasteiger partial charge in [0, 0.05) is 56.5 Å². The monoisotopic (exact) mass is 596 g/mol. The van der Waals surface area contributed by atoms with Gasteiger partial charge in [-0.3, -0.25) is 4.79 Å². The second-order valence-corrected chi connectivity index (χ2v) is 11.2. The molecule has 0 saturated carbocycles. The van der Waals surface area contributed by atoms with E-state index in [-0.39, 0.29) is 31.3 Å². The van der Waals surface area contributed by atoms with Gasteiger partial charge in [0.2, 0.25) is 0 Å². The van der Waals surface area contributed by atoms with E-state index in [1.54, 1.807) is 25.3 Å². The van der Waals surface area contributed by atoms with Crippen LogP contribution >= 0.6 is 11.6 Å². The first-order chi connectivity index (χ1) is 20.4. The SMILES string of the molecule is COc1ccc(COc2ccc(C(=O)NCCO)c(OC[C@@H](O)CN3CCC4(CC3)Cc3cc(Cl)ccc3O4)c2)cc1. The number of halogens is 1. The average molecular weight is 597 g/mol. The fraction of sp³-hybridized carbons (Fsp3) is 0.406. The Morgan fingerprint density at radius 3 is 2.57 bits per heavy atom. The molecule has 1 amide bonds. The molecule has 1 saturated heterocycles. The lowest BCUT2D eigenvalue weighted by Gasteiger charge is -2.39. The Morgan fingerprint density at radius 1 is 1.07 bits per heavy atom. The first kappa shape index (κ1) is 30.0. The summed E-state index contributed by atoms with van der Waals surface area (Å²) >= 11 is 6.17. The van der Waals surface area contributed by atoms with E-state index in [9.17, 15) is 9.90 Å². The normalized spacial score (nSPS) is 16.4. The molecule has 5 rings (SSSR count). The van der Waals surface area contributed by atoms with Crippen molar-refractivity contribution in [2.45, 2.75) is 37.6 Å². The molecular weight excluding hydrogens is 560 g/mol. The van der Waals surface area contributed by atoms with E-state index in [1.165, 1.54) is 0 Å². The van der Waals surface area contributed by atoms with Gasteiger partial charge in [0.15, 0.2) is 0 Å². The maximum absolute atomic E-state index is 12.7. The molecule has 0 aliphatic carbocycles. The number of piperidine rings is 1. The molecular formula is C32H37ClN2O7. The standard InChI is InChI=1S/C32H37ClN2O7/c1-39-26-5-2-22(3-6-26)20-40-27-7-8-28(31(38)34-12-15-36)30(17-27)41-21-25(37)19-35-13-10-32(11-14-35)18-23-16-24(33)4-9-29(23)42-32/h2-9,16-17,25,36-37H,10-15,18-21H2,1H3,(H,34,38)/t25-/m0/s1. The van der Waals surface area contributed by atoms with Crippen LogP contribution in [0.2, 0.25) is 5.02 Å². The largest absolute Gasteiger partial charge is 0.497 e. The maximum atomic E-state index is 12.7. The van der Waals surface area contributed by atoms with Crippen LogP contribution in [0.1, 0.15) is 34.3 Å². The molecule has 42 heavy (non-hydrogen) atoms. The van der Waals surface area contributed by atoms with Crippen molar-refractivity contribution in [1.82, 2.24) is 10.2 Å². The van der Waals surface area contributed by atoms with E-state index >= 15 is 0 Å². The summed E-state index contributed by atoms with van der Waals surface area (Å²) in [7, 11) is 1.62. The number of hydrogen-bond acceptors (Lipinski definition) is 8. The number of amides is 1. The van der Waals surface area contributed by atoms with E-state index in [2.05, 4.69) is 10.2 Å². The Hall–Kier alpha value is -3.50. The lowest BCUT2D eigenvalue weighted by molar-refractivity contribution is -0.00201. The molecule has 10 heteroatoms. The molecule has 3 N–H and O–H groups in total. The molecule has 1 fully saturated rings. The lowest BCUT2D eigenvalue weighted by Crippen LogP contribution is -2.49. The minimum atomic E-state index is -0.767. The van der Waals surface area contributed by atoms with Gasteiger partial charge in [-0.15, -0.1) is 0 Å². The van der Waals surface area contributed by atoms with Gasteiger partial charge in [0.1, 0.15) is 47.9 Å². The molecule has 1 spiro atoms. The average Bonchev–Trinajstić information content (AvgIpc) is 3.36. The second-order valence-electron chi connectivity index (χ2n) is 10.8. The molecule has 3 aromatic carbocycles. The van der Waals surface area contributed by atoms with Crippen LogP contribution in [-0.4, -0.2) is 79.2 Å². The number of nitrogens with zero attached hydrogens (tertiary/aromatic N) is 1. The molecule has 1 atom stereocenters. The number of methoxy groups -OCH3 is 1. The molecule has 9 nitrogen and oxygen atoms in total. The van der Waals surface area contributed by atoms with Crippen LogP contribution in [0.3, 0.4) is 0 Å². The summed E-state index contributed by atoms with van der Waals surface area (Å²) < 4.78 is 23.5. The molecule has 3 aromatic rings. The number of fused-ring (bicyclic) bond motifs is 1. The Labute approximate surface area is 250 Å². The van der Waals surface area contributed by atoms with Gasteiger partial charge in [0.25, 0.3) is 5.91 Å². The maximum Gasteiger partial charge on any atom is 0.255 e. The van der Waals surface area contributed by atoms with Gasteiger partial charge in [0.05, 0.1) is 19.3 Å². The highest BCUT2D eigenvalue weighted by atomic mass is 35.5. The summed E-state index contributed by atoms with van der Waals surface area (Å²) in [6.45, 7) is 2.30. The van der Waals surface area contributed by atoms with Crippen LogP contribution in [0, 0.1) is 0 Å². The number of benzene rings is 3. The molecule has 2 aliphatic rings. The number of likely N-dealkylation sites (tertiary alicyclic amines) is 1. The van der Waals surface area contributed by atoms with Crippen molar-refractivity contribution in [1.29, 1.82) is 0 Å². The topological polar surface area (TPSA) is 110 Å². The van der Waals surface area contributed by atoms with Crippen molar-refractivity contribution < 1.29 is 34.0 Å². The third kappa shape index (κ3) is 7.46. The zero-order valence-corrected chi connectivity index (χ0v) is 24.4. The highest BCUT2D eigenvalue weighted by Gasteiger charge is 2.42. The minimum absolute atomic E-state index is 0.00426. The van der Waals surface area contributed by atoms with E-state index in [0.29, 0.717) is 30.2 Å². The lowest BCUT2D eigenvalue weighted by atomic mass is 9.87. The van der Waals surface area contributed by atoms with Crippen molar-refractivity contribution in [3.05, 3.63) is 82.4 Å². The van der Waals surface area contributed by atoms with Crippen molar-refractivity contribution in [2.24, 2.45) is 0 Å². The third-order valence-corrected chi connectivity index (χ3v) is 7.92. The van der Waals surface area contributed by atoms with Crippen LogP contribution in [-0.2, 0) is 13.0 Å². The molecule has 224 valence electrons. The number of carbonyl (C=O) groups excluding carboxylic acids is 1. The number of aliphatic hydroxyl groups excluding tert-OH is 2. The van der Waals surface area contributed by atoms with Crippen LogP contribution in [0.4, 0.5) is 0 Å². The predicted octanol–water partition coefficient (Wildman–Crippen LogP) is 3.86. The van der Waals surface area contributed by atoms with Crippen LogP contribution < -0.4 is 24.3 Å². The van der Waals surface area contributed by atoms with Crippen LogP contribution in [0.15, 0.2) is 60.7 Å². The number of ether oxygens (including phenoxy) is 4. The zero-order chi connectivity index (χ0) is 29.5. The summed E-state index contributed by atoms with van der Waals surface area (Å²) in [5.41, 5.74) is 2.19. The predicted molar refractivity (Wildman–Crippen MR) is 159 cm³/mol. The smallest absolute Gasteiger partial charge is 0.255 e. The van der Waals surface area contributed by atoms with Gasteiger partial charge < -0.3 is 39.4 Å². The minimum Gasteiger partial charge on any atom is -0.497 e. The van der Waals surface area contributed by atoms with Crippen molar-refractivity contribution in [3.63, 3.8) is 0 Å². The highest BCUT2D eigenvalue weighted by molar-refractivity contribution is 6.30. The molecule has 2 heterocycles. The number of nitrogens with one attached hydrogen (secondary N) is 1. The summed E-state index contributed by atoms with van der Waals surface area (Å²) in [6.07, 6.45) is 1.79. The number of aliphatic hydroxyl groups is 2. The number of rotatable bonds is 12. The molecule has 0 radical (unpaired) electrons. The van der Waals surface area contributed by atoms with Crippen molar-refractivity contribution in [3.8, 4) is 23.0 Å². The van der Waals surface area contributed by atoms with E-state index < -0.39 is 6.10 Å². The van der Waals surface area contributed by atoms with Crippen molar-refractivity contribution in [2.75, 3.05) is 46.5 Å². The quantitative estimate of drug-likeness (QED) is 0.289.